The lowest BCUT2D eigenvalue weighted by atomic mass is 9.91. The monoisotopic (exact) mass is 564 g/mol. The maximum atomic E-state index is 6.54. The molecule has 2 heterocycles. The number of para-hydroxylation sites is 1. The van der Waals surface area contributed by atoms with Gasteiger partial charge in [-0.1, -0.05) is 121 Å². The molecule has 0 aliphatic heterocycles. The summed E-state index contributed by atoms with van der Waals surface area (Å²) in [5.41, 5.74) is 12.2. The van der Waals surface area contributed by atoms with Crippen molar-refractivity contribution in [1.29, 1.82) is 0 Å². The van der Waals surface area contributed by atoms with Crippen LogP contribution in [0.4, 0.5) is 0 Å². The van der Waals surface area contributed by atoms with Crippen LogP contribution in [0, 0.1) is 6.92 Å². The summed E-state index contributed by atoms with van der Waals surface area (Å²) in [6, 6.07) is 52.5. The van der Waals surface area contributed by atoms with Crippen molar-refractivity contribution in [3.63, 3.8) is 0 Å². The molecule has 0 fully saturated rings. The van der Waals surface area contributed by atoms with Gasteiger partial charge < -0.3 is 4.42 Å². The van der Waals surface area contributed by atoms with Crippen molar-refractivity contribution in [3.8, 4) is 56.2 Å². The third-order valence-electron chi connectivity index (χ3n) is 8.21. The van der Waals surface area contributed by atoms with Crippen LogP contribution in [0.25, 0.3) is 78.1 Å². The van der Waals surface area contributed by atoms with Gasteiger partial charge >= 0.3 is 0 Å². The first-order chi connectivity index (χ1) is 21.7. The van der Waals surface area contributed by atoms with Crippen LogP contribution in [0.2, 0.25) is 0 Å². The third kappa shape index (κ3) is 4.65. The highest BCUT2D eigenvalue weighted by Gasteiger charge is 2.18. The Labute approximate surface area is 256 Å². The summed E-state index contributed by atoms with van der Waals surface area (Å²) in [7, 11) is 0. The summed E-state index contributed by atoms with van der Waals surface area (Å²) < 4.78 is 6.54. The van der Waals surface area contributed by atoms with Crippen molar-refractivity contribution < 1.29 is 4.42 Å². The molecule has 208 valence electrons. The SMILES string of the molecule is Cc1ccc2c(oc3ccccc32)c1-c1cc(-c2ccccc2)cc(-c2cc(-c3ccccc3)nc(-c3ccccc3)n2)c1. The largest absolute Gasteiger partial charge is 0.455 e. The molecule has 0 saturated carbocycles. The van der Waals surface area contributed by atoms with Gasteiger partial charge in [0, 0.05) is 33.0 Å². The van der Waals surface area contributed by atoms with E-state index in [0.29, 0.717) is 5.82 Å². The molecular formula is C41H28N2O. The number of furan rings is 1. The number of aromatic nitrogens is 2. The Morgan fingerprint density at radius 2 is 1.00 bits per heavy atom. The van der Waals surface area contributed by atoms with Gasteiger partial charge in [0.15, 0.2) is 5.82 Å². The molecule has 2 aromatic heterocycles. The quantitative estimate of drug-likeness (QED) is 0.209. The molecule has 3 nitrogen and oxygen atoms in total. The van der Waals surface area contributed by atoms with Crippen LogP contribution in [-0.2, 0) is 0 Å². The Morgan fingerprint density at radius 1 is 0.432 bits per heavy atom. The fraction of sp³-hybridized carbons (Fsp3) is 0.0244. The predicted octanol–water partition coefficient (Wildman–Crippen LogP) is 11.0. The normalized spacial score (nSPS) is 11.3. The third-order valence-corrected chi connectivity index (χ3v) is 8.21. The van der Waals surface area contributed by atoms with Crippen LogP contribution in [-0.4, -0.2) is 9.97 Å². The Hall–Kier alpha value is -5.80. The summed E-state index contributed by atoms with van der Waals surface area (Å²) in [5, 5.41) is 2.24. The van der Waals surface area contributed by atoms with E-state index < -0.39 is 0 Å². The maximum Gasteiger partial charge on any atom is 0.160 e. The number of aryl methyl sites for hydroxylation is 1. The van der Waals surface area contributed by atoms with E-state index in [-0.39, 0.29) is 0 Å². The van der Waals surface area contributed by atoms with Crippen LogP contribution in [0.3, 0.4) is 0 Å². The van der Waals surface area contributed by atoms with Crippen LogP contribution >= 0.6 is 0 Å². The van der Waals surface area contributed by atoms with Gasteiger partial charge in [-0.25, -0.2) is 9.97 Å². The number of nitrogens with zero attached hydrogens (tertiary/aromatic N) is 2. The van der Waals surface area contributed by atoms with E-state index in [2.05, 4.69) is 110 Å². The van der Waals surface area contributed by atoms with Crippen molar-refractivity contribution >= 4 is 21.9 Å². The highest BCUT2D eigenvalue weighted by Crippen LogP contribution is 2.41. The van der Waals surface area contributed by atoms with Crippen LogP contribution in [0.1, 0.15) is 5.56 Å². The number of hydrogen-bond donors (Lipinski definition) is 0. The average Bonchev–Trinajstić information content (AvgIpc) is 3.47. The summed E-state index contributed by atoms with van der Waals surface area (Å²) >= 11 is 0. The zero-order chi connectivity index (χ0) is 29.5. The molecule has 6 aromatic carbocycles. The van der Waals surface area contributed by atoms with Crippen molar-refractivity contribution in [2.75, 3.05) is 0 Å². The topological polar surface area (TPSA) is 38.9 Å². The molecule has 0 amide bonds. The molecule has 0 atom stereocenters. The van der Waals surface area contributed by atoms with Gasteiger partial charge in [-0.3, -0.25) is 0 Å². The summed E-state index contributed by atoms with van der Waals surface area (Å²) in [6.07, 6.45) is 0. The molecular weight excluding hydrogens is 536 g/mol. The number of benzene rings is 6. The fourth-order valence-corrected chi connectivity index (χ4v) is 6.03. The minimum absolute atomic E-state index is 0.698. The van der Waals surface area contributed by atoms with Gasteiger partial charge in [-0.15, -0.1) is 0 Å². The lowest BCUT2D eigenvalue weighted by molar-refractivity contribution is 0.669. The first-order valence-corrected chi connectivity index (χ1v) is 14.8. The van der Waals surface area contributed by atoms with Gasteiger partial charge in [-0.05, 0) is 59.5 Å². The molecule has 0 radical (unpaired) electrons. The minimum Gasteiger partial charge on any atom is -0.455 e. The molecule has 0 spiro atoms. The van der Waals surface area contributed by atoms with Crippen molar-refractivity contribution in [1.82, 2.24) is 9.97 Å². The summed E-state index contributed by atoms with van der Waals surface area (Å²) in [6.45, 7) is 2.16. The predicted molar refractivity (Wildman–Crippen MR) is 181 cm³/mol. The molecule has 0 saturated heterocycles. The highest BCUT2D eigenvalue weighted by molar-refractivity contribution is 6.10. The van der Waals surface area contributed by atoms with Gasteiger partial charge in [0.1, 0.15) is 11.2 Å². The lowest BCUT2D eigenvalue weighted by Gasteiger charge is -2.14. The lowest BCUT2D eigenvalue weighted by Crippen LogP contribution is -1.96. The summed E-state index contributed by atoms with van der Waals surface area (Å²) in [5.74, 6) is 0.698. The molecule has 44 heavy (non-hydrogen) atoms. The zero-order valence-corrected chi connectivity index (χ0v) is 24.2. The number of hydrogen-bond acceptors (Lipinski definition) is 3. The second kappa shape index (κ2) is 10.8. The van der Waals surface area contributed by atoms with E-state index in [1.165, 1.54) is 0 Å². The molecule has 0 aliphatic rings. The van der Waals surface area contributed by atoms with Crippen molar-refractivity contribution in [2.24, 2.45) is 0 Å². The number of fused-ring (bicyclic) bond motifs is 3. The van der Waals surface area contributed by atoms with Crippen LogP contribution in [0.5, 0.6) is 0 Å². The fourth-order valence-electron chi connectivity index (χ4n) is 6.03. The Balaban J connectivity index is 1.40. The van der Waals surface area contributed by atoms with Crippen molar-refractivity contribution in [3.05, 3.63) is 157 Å². The van der Waals surface area contributed by atoms with E-state index in [4.69, 9.17) is 14.4 Å². The van der Waals surface area contributed by atoms with Gasteiger partial charge in [0.05, 0.1) is 11.4 Å². The maximum absolute atomic E-state index is 6.54. The molecule has 0 N–H and O–H groups in total. The standard InChI is InChI=1S/C41H28N2O/c1-27-21-22-35-34-19-11-12-20-38(34)44-40(35)39(27)33-24-31(28-13-5-2-6-14-28)23-32(25-33)37-26-36(29-15-7-3-8-16-29)42-41(43-37)30-17-9-4-10-18-30/h2-26H,1H3. The molecule has 0 unspecified atom stereocenters. The Bertz CT molecular complexity index is 2210. The van der Waals surface area contributed by atoms with Gasteiger partial charge in [-0.2, -0.15) is 0 Å². The zero-order valence-electron chi connectivity index (χ0n) is 24.2. The molecule has 0 aliphatic carbocycles. The molecule has 3 heteroatoms. The summed E-state index contributed by atoms with van der Waals surface area (Å²) in [4.78, 5) is 10.2. The van der Waals surface area contributed by atoms with E-state index in [0.717, 1.165) is 77.8 Å². The highest BCUT2D eigenvalue weighted by atomic mass is 16.3. The molecule has 0 bridgehead atoms. The first-order valence-electron chi connectivity index (χ1n) is 14.8. The van der Waals surface area contributed by atoms with Crippen LogP contribution in [0.15, 0.2) is 156 Å². The second-order valence-corrected chi connectivity index (χ2v) is 11.1. The molecule has 8 rings (SSSR count). The van der Waals surface area contributed by atoms with Gasteiger partial charge in [0.25, 0.3) is 0 Å². The Kier molecular flexibility index (Phi) is 6.35. The van der Waals surface area contributed by atoms with E-state index >= 15 is 0 Å². The smallest absolute Gasteiger partial charge is 0.160 e. The minimum atomic E-state index is 0.698. The van der Waals surface area contributed by atoms with Crippen molar-refractivity contribution in [2.45, 2.75) is 6.92 Å². The van der Waals surface area contributed by atoms with Gasteiger partial charge in [0.2, 0.25) is 0 Å². The van der Waals surface area contributed by atoms with E-state index in [1.807, 2.05) is 48.5 Å². The number of rotatable bonds is 5. The second-order valence-electron chi connectivity index (χ2n) is 11.1. The van der Waals surface area contributed by atoms with Crippen LogP contribution < -0.4 is 0 Å². The molecule has 8 aromatic rings. The average molecular weight is 565 g/mol. The Morgan fingerprint density at radius 3 is 1.73 bits per heavy atom. The van der Waals surface area contributed by atoms with E-state index in [9.17, 15) is 0 Å². The van der Waals surface area contributed by atoms with E-state index in [1.54, 1.807) is 0 Å². The first kappa shape index (κ1) is 25.9.